The molecule has 0 bridgehead atoms. The number of ether oxygens (including phenoxy) is 2. The molecule has 0 aromatic heterocycles. The van der Waals surface area contributed by atoms with Crippen LogP contribution in [0.25, 0.3) is 0 Å². The number of fused-ring (bicyclic) bond motifs is 1. The SMILES string of the molecule is Cc1ccccc1OCCN=C(N)NC1CCOc2ccccc21. The van der Waals surface area contributed by atoms with Crippen molar-refractivity contribution in [3.63, 3.8) is 0 Å². The zero-order valence-corrected chi connectivity index (χ0v) is 13.9. The largest absolute Gasteiger partial charge is 0.493 e. The number of nitrogens with two attached hydrogens (primary N) is 1. The van der Waals surface area contributed by atoms with E-state index in [1.54, 1.807) is 0 Å². The number of nitrogens with zero attached hydrogens (tertiary/aromatic N) is 1. The number of nitrogens with one attached hydrogen (secondary N) is 1. The summed E-state index contributed by atoms with van der Waals surface area (Å²) in [5.74, 6) is 2.24. The van der Waals surface area contributed by atoms with Crippen molar-refractivity contribution in [1.82, 2.24) is 5.32 Å². The van der Waals surface area contributed by atoms with Gasteiger partial charge in [-0.15, -0.1) is 0 Å². The van der Waals surface area contributed by atoms with Crippen LogP contribution in [0.4, 0.5) is 0 Å². The first-order valence-electron chi connectivity index (χ1n) is 8.20. The molecule has 1 unspecified atom stereocenters. The molecule has 0 radical (unpaired) electrons. The predicted molar refractivity (Wildman–Crippen MR) is 95.6 cm³/mol. The second-order valence-corrected chi connectivity index (χ2v) is 5.75. The molecule has 0 saturated carbocycles. The molecule has 5 heteroatoms. The van der Waals surface area contributed by atoms with Gasteiger partial charge in [0.1, 0.15) is 18.1 Å². The van der Waals surface area contributed by atoms with Gasteiger partial charge in [-0.3, -0.25) is 0 Å². The molecule has 0 fully saturated rings. The van der Waals surface area contributed by atoms with Crippen LogP contribution in [0.1, 0.15) is 23.6 Å². The van der Waals surface area contributed by atoms with Gasteiger partial charge in [-0.05, 0) is 24.6 Å². The number of hydrogen-bond donors (Lipinski definition) is 2. The van der Waals surface area contributed by atoms with Crippen molar-refractivity contribution >= 4 is 5.96 Å². The first-order valence-corrected chi connectivity index (χ1v) is 8.20. The Morgan fingerprint density at radius 2 is 2.04 bits per heavy atom. The average molecular weight is 325 g/mol. The Balaban J connectivity index is 1.51. The normalized spacial score (nSPS) is 16.9. The van der Waals surface area contributed by atoms with E-state index in [1.165, 1.54) is 0 Å². The van der Waals surface area contributed by atoms with Gasteiger partial charge in [0.2, 0.25) is 0 Å². The number of aliphatic imine (C=N–C) groups is 1. The minimum Gasteiger partial charge on any atom is -0.493 e. The predicted octanol–water partition coefficient (Wildman–Crippen LogP) is 2.80. The van der Waals surface area contributed by atoms with E-state index in [1.807, 2.05) is 49.4 Å². The Morgan fingerprint density at radius 3 is 2.92 bits per heavy atom. The lowest BCUT2D eigenvalue weighted by atomic mass is 10.0. The molecular weight excluding hydrogens is 302 g/mol. The van der Waals surface area contributed by atoms with Crippen molar-refractivity contribution in [2.75, 3.05) is 19.8 Å². The van der Waals surface area contributed by atoms with Gasteiger partial charge in [-0.2, -0.15) is 0 Å². The molecule has 0 aliphatic carbocycles. The van der Waals surface area contributed by atoms with Crippen LogP contribution in [0.2, 0.25) is 0 Å². The summed E-state index contributed by atoms with van der Waals surface area (Å²) in [6, 6.07) is 16.1. The van der Waals surface area contributed by atoms with Crippen LogP contribution in [-0.4, -0.2) is 25.7 Å². The first-order chi connectivity index (χ1) is 11.7. The van der Waals surface area contributed by atoms with E-state index >= 15 is 0 Å². The van der Waals surface area contributed by atoms with E-state index in [0.717, 1.165) is 29.0 Å². The van der Waals surface area contributed by atoms with Crippen molar-refractivity contribution in [3.05, 3.63) is 59.7 Å². The lowest BCUT2D eigenvalue weighted by molar-refractivity contribution is 0.262. The van der Waals surface area contributed by atoms with E-state index in [-0.39, 0.29) is 6.04 Å². The third-order valence-electron chi connectivity index (χ3n) is 4.01. The summed E-state index contributed by atoms with van der Waals surface area (Å²) in [4.78, 5) is 4.35. The minimum absolute atomic E-state index is 0.135. The van der Waals surface area contributed by atoms with E-state index in [2.05, 4.69) is 16.4 Å². The molecule has 126 valence electrons. The second kappa shape index (κ2) is 7.73. The van der Waals surface area contributed by atoms with Gasteiger partial charge >= 0.3 is 0 Å². The summed E-state index contributed by atoms with van der Waals surface area (Å²) in [5, 5.41) is 3.28. The van der Waals surface area contributed by atoms with Crippen molar-refractivity contribution < 1.29 is 9.47 Å². The maximum atomic E-state index is 6.01. The number of guanidine groups is 1. The molecule has 1 aliphatic heterocycles. The van der Waals surface area contributed by atoms with E-state index in [0.29, 0.717) is 25.7 Å². The molecule has 24 heavy (non-hydrogen) atoms. The molecule has 5 nitrogen and oxygen atoms in total. The third-order valence-corrected chi connectivity index (χ3v) is 4.01. The van der Waals surface area contributed by atoms with Crippen LogP contribution >= 0.6 is 0 Å². The van der Waals surface area contributed by atoms with Crippen LogP contribution in [0.5, 0.6) is 11.5 Å². The zero-order valence-electron chi connectivity index (χ0n) is 13.9. The summed E-state index contributed by atoms with van der Waals surface area (Å²) in [6.07, 6.45) is 0.868. The van der Waals surface area contributed by atoms with Gasteiger partial charge in [0.05, 0.1) is 19.2 Å². The molecule has 1 heterocycles. The van der Waals surface area contributed by atoms with Gasteiger partial charge in [0, 0.05) is 12.0 Å². The lowest BCUT2D eigenvalue weighted by Crippen LogP contribution is -2.37. The highest BCUT2D eigenvalue weighted by atomic mass is 16.5. The summed E-state index contributed by atoms with van der Waals surface area (Å²) in [7, 11) is 0. The van der Waals surface area contributed by atoms with Crippen LogP contribution < -0.4 is 20.5 Å². The fraction of sp³-hybridized carbons (Fsp3) is 0.316. The first kappa shape index (κ1) is 16.2. The smallest absolute Gasteiger partial charge is 0.189 e. The summed E-state index contributed by atoms with van der Waals surface area (Å²) >= 11 is 0. The second-order valence-electron chi connectivity index (χ2n) is 5.75. The molecule has 2 aromatic carbocycles. The van der Waals surface area contributed by atoms with Gasteiger partial charge in [-0.1, -0.05) is 36.4 Å². The summed E-state index contributed by atoms with van der Waals surface area (Å²) in [6.45, 7) is 3.71. The van der Waals surface area contributed by atoms with E-state index in [4.69, 9.17) is 15.2 Å². The Kier molecular flexibility index (Phi) is 5.21. The standard InChI is InChI=1S/C19H23N3O2/c1-14-6-2-4-8-17(14)24-13-11-21-19(20)22-16-10-12-23-18-9-5-3-7-15(16)18/h2-9,16H,10-13H2,1H3,(H3,20,21,22). The Labute approximate surface area is 142 Å². The maximum absolute atomic E-state index is 6.01. The van der Waals surface area contributed by atoms with Crippen molar-refractivity contribution in [3.8, 4) is 11.5 Å². The van der Waals surface area contributed by atoms with Crippen molar-refractivity contribution in [2.45, 2.75) is 19.4 Å². The van der Waals surface area contributed by atoms with Gasteiger partial charge < -0.3 is 20.5 Å². The monoisotopic (exact) mass is 325 g/mol. The number of hydrogen-bond acceptors (Lipinski definition) is 3. The molecule has 2 aromatic rings. The maximum Gasteiger partial charge on any atom is 0.189 e. The highest BCUT2D eigenvalue weighted by Gasteiger charge is 2.21. The summed E-state index contributed by atoms with van der Waals surface area (Å²) in [5.41, 5.74) is 8.25. The Hall–Kier alpha value is -2.69. The highest BCUT2D eigenvalue weighted by Crippen LogP contribution is 2.31. The van der Waals surface area contributed by atoms with Crippen molar-refractivity contribution in [1.29, 1.82) is 0 Å². The number of rotatable bonds is 5. The van der Waals surface area contributed by atoms with E-state index in [9.17, 15) is 0 Å². The average Bonchev–Trinajstić information content (AvgIpc) is 2.60. The summed E-state index contributed by atoms with van der Waals surface area (Å²) < 4.78 is 11.4. The highest BCUT2D eigenvalue weighted by molar-refractivity contribution is 5.78. The molecule has 1 atom stereocenters. The van der Waals surface area contributed by atoms with E-state index < -0.39 is 0 Å². The van der Waals surface area contributed by atoms with Crippen LogP contribution in [0.3, 0.4) is 0 Å². The molecule has 0 amide bonds. The topological polar surface area (TPSA) is 68.9 Å². The molecule has 3 rings (SSSR count). The Bertz CT molecular complexity index is 715. The fourth-order valence-electron chi connectivity index (χ4n) is 2.76. The molecule has 0 spiro atoms. The zero-order chi connectivity index (χ0) is 16.8. The number of benzene rings is 2. The molecular formula is C19H23N3O2. The van der Waals surface area contributed by atoms with Crippen LogP contribution in [-0.2, 0) is 0 Å². The Morgan fingerprint density at radius 1 is 1.25 bits per heavy atom. The van der Waals surface area contributed by atoms with Gasteiger partial charge in [0.25, 0.3) is 0 Å². The van der Waals surface area contributed by atoms with Crippen LogP contribution in [0.15, 0.2) is 53.5 Å². The van der Waals surface area contributed by atoms with Gasteiger partial charge in [0.15, 0.2) is 5.96 Å². The van der Waals surface area contributed by atoms with Gasteiger partial charge in [-0.25, -0.2) is 4.99 Å². The quantitative estimate of drug-likeness (QED) is 0.504. The molecule has 3 N–H and O–H groups in total. The molecule has 1 aliphatic rings. The number of para-hydroxylation sites is 2. The molecule has 0 saturated heterocycles. The minimum atomic E-state index is 0.135. The number of aryl methyl sites for hydroxylation is 1. The third kappa shape index (κ3) is 3.98. The lowest BCUT2D eigenvalue weighted by Gasteiger charge is -2.26. The van der Waals surface area contributed by atoms with Crippen LogP contribution in [0, 0.1) is 6.92 Å². The fourth-order valence-corrected chi connectivity index (χ4v) is 2.76. The van der Waals surface area contributed by atoms with Crippen molar-refractivity contribution in [2.24, 2.45) is 10.7 Å².